The second-order valence-electron chi connectivity index (χ2n) is 4.25. The van der Waals surface area contributed by atoms with Crippen LogP contribution < -0.4 is 0 Å². The minimum absolute atomic E-state index is 0.243. The first-order valence-corrected chi connectivity index (χ1v) is 5.18. The Morgan fingerprint density at radius 1 is 1.50 bits per heavy atom. The highest BCUT2D eigenvalue weighted by Crippen LogP contribution is 2.49. The molecular formula is C10H9F5N2O. The smallest absolute Gasteiger partial charge is 0.301 e. The van der Waals surface area contributed by atoms with Gasteiger partial charge in [-0.3, -0.25) is 4.68 Å². The summed E-state index contributed by atoms with van der Waals surface area (Å²) in [6, 6.07) is 0. The van der Waals surface area contributed by atoms with Crippen molar-refractivity contribution in [3.05, 3.63) is 17.0 Å². The number of nitrogens with zero attached hydrogens (tertiary/aromatic N) is 2. The maximum atomic E-state index is 13.8. The number of rotatable bonds is 2. The molecule has 0 bridgehead atoms. The molecule has 0 amide bonds. The normalized spacial score (nSPS) is 22.0. The maximum absolute atomic E-state index is 13.8. The third kappa shape index (κ3) is 1.70. The fourth-order valence-corrected chi connectivity index (χ4v) is 2.16. The Morgan fingerprint density at radius 3 is 2.61 bits per heavy atom. The number of halogens is 5. The summed E-state index contributed by atoms with van der Waals surface area (Å²) in [6.07, 6.45) is -4.94. The third-order valence-electron chi connectivity index (χ3n) is 3.01. The Morgan fingerprint density at radius 2 is 2.11 bits per heavy atom. The molecule has 8 heteroatoms. The predicted molar refractivity (Wildman–Crippen MR) is 50.1 cm³/mol. The molecule has 1 aliphatic carbocycles. The van der Waals surface area contributed by atoms with Gasteiger partial charge in [0.05, 0.1) is 6.54 Å². The lowest BCUT2D eigenvalue weighted by Gasteiger charge is -2.17. The lowest BCUT2D eigenvalue weighted by Crippen LogP contribution is -2.23. The Bertz CT molecular complexity index is 491. The van der Waals surface area contributed by atoms with Gasteiger partial charge in [0.2, 0.25) is 0 Å². The van der Waals surface area contributed by atoms with Crippen LogP contribution in [0.1, 0.15) is 23.9 Å². The first-order chi connectivity index (χ1) is 8.19. The zero-order chi connectivity index (χ0) is 13.7. The first kappa shape index (κ1) is 13.0. The predicted octanol–water partition coefficient (Wildman–Crippen LogP) is 2.38. The zero-order valence-electron chi connectivity index (χ0n) is 9.26. The highest BCUT2D eigenvalue weighted by Gasteiger charge is 2.53. The quantitative estimate of drug-likeness (QED) is 0.609. The zero-order valence-corrected chi connectivity index (χ0v) is 9.26. The van der Waals surface area contributed by atoms with Gasteiger partial charge < -0.3 is 4.79 Å². The molecule has 1 heterocycles. The maximum Gasteiger partial charge on any atom is 0.435 e. The van der Waals surface area contributed by atoms with E-state index in [0.717, 1.165) is 0 Å². The number of hydrogen-bond acceptors (Lipinski definition) is 2. The van der Waals surface area contributed by atoms with Crippen LogP contribution in [-0.4, -0.2) is 16.1 Å². The van der Waals surface area contributed by atoms with Crippen molar-refractivity contribution in [3.8, 4) is 0 Å². The van der Waals surface area contributed by atoms with Crippen molar-refractivity contribution in [2.45, 2.75) is 32.0 Å². The lowest BCUT2D eigenvalue weighted by atomic mass is 10.1. The number of hydrogen-bond donors (Lipinski definition) is 0. The van der Waals surface area contributed by atoms with E-state index in [1.807, 2.05) is 0 Å². The largest absolute Gasteiger partial charge is 0.435 e. The minimum Gasteiger partial charge on any atom is -0.301 e. The van der Waals surface area contributed by atoms with Crippen LogP contribution in [0.25, 0.3) is 0 Å². The fourth-order valence-electron chi connectivity index (χ4n) is 2.16. The molecule has 2 rings (SSSR count). The van der Waals surface area contributed by atoms with Crippen molar-refractivity contribution >= 4 is 6.29 Å². The molecule has 0 fully saturated rings. The van der Waals surface area contributed by atoms with Gasteiger partial charge in [-0.1, -0.05) is 6.92 Å². The van der Waals surface area contributed by atoms with Crippen LogP contribution in [0.15, 0.2) is 0 Å². The average Bonchev–Trinajstić information content (AvgIpc) is 2.66. The molecule has 0 aliphatic heterocycles. The highest BCUT2D eigenvalue weighted by atomic mass is 19.4. The molecule has 1 atom stereocenters. The molecule has 0 saturated carbocycles. The van der Waals surface area contributed by atoms with Crippen LogP contribution in [0.4, 0.5) is 22.0 Å². The molecule has 3 nitrogen and oxygen atoms in total. The monoisotopic (exact) mass is 268 g/mol. The van der Waals surface area contributed by atoms with E-state index < -0.39 is 47.9 Å². The van der Waals surface area contributed by atoms with Gasteiger partial charge in [-0.15, -0.1) is 0 Å². The number of alkyl halides is 5. The standard InChI is InChI=1S/C10H9F5N2O/c1-5-4-6-7(10(13,14)15)16-17(2-3-18)8(6)9(5,11)12/h3,5H,2,4H2,1H3. The van der Waals surface area contributed by atoms with Crippen LogP contribution in [0, 0.1) is 5.92 Å². The number of aromatic nitrogens is 2. The van der Waals surface area contributed by atoms with E-state index in [0.29, 0.717) is 4.68 Å². The van der Waals surface area contributed by atoms with Crippen LogP contribution >= 0.6 is 0 Å². The topological polar surface area (TPSA) is 34.9 Å². The van der Waals surface area contributed by atoms with E-state index >= 15 is 0 Å². The summed E-state index contributed by atoms with van der Waals surface area (Å²) in [5.74, 6) is -4.63. The van der Waals surface area contributed by atoms with Crippen LogP contribution in [0.2, 0.25) is 0 Å². The highest BCUT2D eigenvalue weighted by molar-refractivity contribution is 5.50. The summed E-state index contributed by atoms with van der Waals surface area (Å²) in [5.41, 5.74) is -2.60. The fraction of sp³-hybridized carbons (Fsp3) is 0.600. The van der Waals surface area contributed by atoms with Crippen molar-refractivity contribution in [3.63, 3.8) is 0 Å². The van der Waals surface area contributed by atoms with Gasteiger partial charge >= 0.3 is 6.18 Å². The summed E-state index contributed by atoms with van der Waals surface area (Å²) in [4.78, 5) is 10.3. The molecule has 18 heavy (non-hydrogen) atoms. The molecule has 100 valence electrons. The van der Waals surface area contributed by atoms with Crippen molar-refractivity contribution in [2.24, 2.45) is 5.92 Å². The van der Waals surface area contributed by atoms with Crippen molar-refractivity contribution in [1.29, 1.82) is 0 Å². The number of carbonyl (C=O) groups is 1. The molecular weight excluding hydrogens is 259 g/mol. The molecule has 1 unspecified atom stereocenters. The summed E-state index contributed by atoms with van der Waals surface area (Å²) in [5, 5.41) is 3.10. The molecule has 0 radical (unpaired) electrons. The van der Waals surface area contributed by atoms with Crippen LogP contribution in [0.5, 0.6) is 0 Å². The summed E-state index contributed by atoms with van der Waals surface area (Å²) >= 11 is 0. The molecule has 1 aromatic heterocycles. The van der Waals surface area contributed by atoms with E-state index in [2.05, 4.69) is 5.10 Å². The molecule has 1 aliphatic rings. The van der Waals surface area contributed by atoms with Crippen molar-refractivity contribution in [2.75, 3.05) is 0 Å². The van der Waals surface area contributed by atoms with Gasteiger partial charge in [-0.2, -0.15) is 27.1 Å². The lowest BCUT2D eigenvalue weighted by molar-refractivity contribution is -0.142. The molecule has 0 aromatic carbocycles. The SMILES string of the molecule is CC1Cc2c(C(F)(F)F)nn(CC=O)c2C1(F)F. The van der Waals surface area contributed by atoms with Gasteiger partial charge in [0.15, 0.2) is 5.69 Å². The third-order valence-corrected chi connectivity index (χ3v) is 3.01. The summed E-state index contributed by atoms with van der Waals surface area (Å²) in [6.45, 7) is 0.562. The number of carbonyl (C=O) groups excluding carboxylic acids is 1. The van der Waals surface area contributed by atoms with E-state index in [1.54, 1.807) is 0 Å². The Hall–Kier alpha value is -1.47. The van der Waals surface area contributed by atoms with E-state index in [9.17, 15) is 26.7 Å². The average molecular weight is 268 g/mol. The number of aldehydes is 1. The van der Waals surface area contributed by atoms with Gasteiger partial charge in [-0.25, -0.2) is 0 Å². The van der Waals surface area contributed by atoms with E-state index in [4.69, 9.17) is 0 Å². The van der Waals surface area contributed by atoms with Crippen LogP contribution in [0.3, 0.4) is 0 Å². The summed E-state index contributed by atoms with van der Waals surface area (Å²) in [7, 11) is 0. The minimum atomic E-state index is -4.79. The Labute approximate surface area is 98.6 Å². The Kier molecular flexibility index (Phi) is 2.71. The van der Waals surface area contributed by atoms with E-state index in [-0.39, 0.29) is 6.29 Å². The molecule has 0 saturated heterocycles. The molecule has 1 aromatic rings. The summed E-state index contributed by atoms with van der Waals surface area (Å²) < 4.78 is 66.0. The molecule has 0 N–H and O–H groups in total. The van der Waals surface area contributed by atoms with Crippen molar-refractivity contribution < 1.29 is 26.7 Å². The van der Waals surface area contributed by atoms with Gasteiger partial charge in [0, 0.05) is 11.5 Å². The second-order valence-corrected chi connectivity index (χ2v) is 4.25. The first-order valence-electron chi connectivity index (χ1n) is 5.18. The second kappa shape index (κ2) is 3.76. The number of fused-ring (bicyclic) bond motifs is 1. The van der Waals surface area contributed by atoms with Crippen molar-refractivity contribution in [1.82, 2.24) is 9.78 Å². The van der Waals surface area contributed by atoms with Crippen LogP contribution in [-0.2, 0) is 29.9 Å². The molecule has 0 spiro atoms. The van der Waals surface area contributed by atoms with Gasteiger partial charge in [-0.05, 0) is 6.42 Å². The van der Waals surface area contributed by atoms with Gasteiger partial charge in [0.1, 0.15) is 12.0 Å². The Balaban J connectivity index is 2.64. The van der Waals surface area contributed by atoms with E-state index in [1.165, 1.54) is 6.92 Å². The van der Waals surface area contributed by atoms with Gasteiger partial charge in [0.25, 0.3) is 5.92 Å².